The molecule has 21 heavy (non-hydrogen) atoms. The highest BCUT2D eigenvalue weighted by Gasteiger charge is 2.31. The fourth-order valence-corrected chi connectivity index (χ4v) is 3.39. The first kappa shape index (κ1) is 14.6. The Morgan fingerprint density at radius 1 is 1.33 bits per heavy atom. The molecule has 2 aromatic rings. The zero-order chi connectivity index (χ0) is 15.4. The molecule has 5 heteroatoms. The minimum absolute atomic E-state index is 0.0861. The molecule has 0 saturated carbocycles. The number of halogens is 2. The summed E-state index contributed by atoms with van der Waals surface area (Å²) in [7, 11) is 0. The molecule has 1 aliphatic carbocycles. The van der Waals surface area contributed by atoms with Gasteiger partial charge in [-0.3, -0.25) is 4.98 Å². The Kier molecular flexibility index (Phi) is 3.38. The van der Waals surface area contributed by atoms with Crippen LogP contribution in [-0.2, 0) is 12.8 Å². The molecule has 0 amide bonds. The van der Waals surface area contributed by atoms with E-state index < -0.39 is 5.97 Å². The number of pyridine rings is 1. The van der Waals surface area contributed by atoms with Crippen molar-refractivity contribution in [3.05, 3.63) is 39.0 Å². The summed E-state index contributed by atoms with van der Waals surface area (Å²) in [6, 6.07) is 3.32. The summed E-state index contributed by atoms with van der Waals surface area (Å²) in [4.78, 5) is 16.4. The second kappa shape index (κ2) is 4.85. The minimum Gasteiger partial charge on any atom is -0.478 e. The number of aromatic carboxylic acids is 1. The SMILES string of the molecule is CC1(C)CCc2nc3c(Cl)c(Cl)ccc3c(C(=O)O)c2C1. The number of fused-ring (bicyclic) bond motifs is 2. The van der Waals surface area contributed by atoms with Crippen LogP contribution >= 0.6 is 23.2 Å². The molecule has 1 aromatic heterocycles. The van der Waals surface area contributed by atoms with Gasteiger partial charge >= 0.3 is 5.97 Å². The van der Waals surface area contributed by atoms with Crippen LogP contribution in [0.5, 0.6) is 0 Å². The van der Waals surface area contributed by atoms with Crippen molar-refractivity contribution in [3.63, 3.8) is 0 Å². The van der Waals surface area contributed by atoms with Gasteiger partial charge in [-0.2, -0.15) is 0 Å². The van der Waals surface area contributed by atoms with Gasteiger partial charge in [-0.1, -0.05) is 43.1 Å². The summed E-state index contributed by atoms with van der Waals surface area (Å²) in [5.41, 5.74) is 2.57. The molecule has 0 bridgehead atoms. The van der Waals surface area contributed by atoms with Crippen molar-refractivity contribution in [1.82, 2.24) is 4.98 Å². The summed E-state index contributed by atoms with van der Waals surface area (Å²) < 4.78 is 0. The highest BCUT2D eigenvalue weighted by molar-refractivity contribution is 6.45. The molecule has 0 spiro atoms. The van der Waals surface area contributed by atoms with E-state index in [0.29, 0.717) is 32.9 Å². The van der Waals surface area contributed by atoms with Crippen LogP contribution in [0, 0.1) is 5.41 Å². The van der Waals surface area contributed by atoms with Crippen LogP contribution in [0.4, 0.5) is 0 Å². The van der Waals surface area contributed by atoms with Crippen LogP contribution in [0.1, 0.15) is 41.9 Å². The van der Waals surface area contributed by atoms with Crippen molar-refractivity contribution in [2.45, 2.75) is 33.1 Å². The fourth-order valence-electron chi connectivity index (χ4n) is 3.03. The van der Waals surface area contributed by atoms with Crippen LogP contribution in [0.3, 0.4) is 0 Å². The second-order valence-electron chi connectivity index (χ2n) is 6.32. The summed E-state index contributed by atoms with van der Waals surface area (Å²) in [5.74, 6) is -0.935. The Balaban J connectivity index is 2.40. The van der Waals surface area contributed by atoms with Gasteiger partial charge < -0.3 is 5.11 Å². The minimum atomic E-state index is -0.935. The standard InChI is InChI=1S/C16H15Cl2NO2/c1-16(2)6-5-11-9(7-16)12(15(20)21)8-3-4-10(17)13(18)14(8)19-11/h3-4H,5-7H2,1-2H3,(H,20,21). The summed E-state index contributed by atoms with van der Waals surface area (Å²) in [5, 5.41) is 10.9. The molecule has 3 rings (SSSR count). The molecule has 0 aliphatic heterocycles. The van der Waals surface area contributed by atoms with Gasteiger partial charge in [0.15, 0.2) is 0 Å². The van der Waals surface area contributed by atoms with Crippen LogP contribution < -0.4 is 0 Å². The van der Waals surface area contributed by atoms with E-state index in [0.717, 1.165) is 24.1 Å². The number of aromatic nitrogens is 1. The second-order valence-corrected chi connectivity index (χ2v) is 7.10. The maximum Gasteiger partial charge on any atom is 0.336 e. The van der Waals surface area contributed by atoms with Crippen molar-refractivity contribution in [1.29, 1.82) is 0 Å². The Hall–Kier alpha value is -1.32. The van der Waals surface area contributed by atoms with Gasteiger partial charge in [0.05, 0.1) is 21.1 Å². The average molecular weight is 324 g/mol. The van der Waals surface area contributed by atoms with Gasteiger partial charge in [-0.05, 0) is 36.3 Å². The van der Waals surface area contributed by atoms with E-state index in [-0.39, 0.29) is 5.41 Å². The number of benzene rings is 1. The zero-order valence-corrected chi connectivity index (χ0v) is 13.3. The first-order valence-electron chi connectivity index (χ1n) is 6.83. The third-order valence-corrected chi connectivity index (χ3v) is 4.94. The van der Waals surface area contributed by atoms with Crippen molar-refractivity contribution < 1.29 is 9.90 Å². The van der Waals surface area contributed by atoms with Gasteiger partial charge in [0.1, 0.15) is 0 Å². The van der Waals surface area contributed by atoms with Crippen molar-refractivity contribution in [2.75, 3.05) is 0 Å². The first-order valence-corrected chi connectivity index (χ1v) is 7.58. The predicted molar refractivity (Wildman–Crippen MR) is 84.5 cm³/mol. The van der Waals surface area contributed by atoms with E-state index in [2.05, 4.69) is 18.8 Å². The summed E-state index contributed by atoms with van der Waals surface area (Å²) in [6.45, 7) is 4.31. The summed E-state index contributed by atoms with van der Waals surface area (Å²) in [6.07, 6.45) is 2.46. The molecule has 0 saturated heterocycles. The molecule has 1 N–H and O–H groups in total. The quantitative estimate of drug-likeness (QED) is 0.823. The number of hydrogen-bond donors (Lipinski definition) is 1. The topological polar surface area (TPSA) is 50.2 Å². The number of nitrogens with zero attached hydrogens (tertiary/aromatic N) is 1. The zero-order valence-electron chi connectivity index (χ0n) is 11.8. The van der Waals surface area contributed by atoms with E-state index in [1.165, 1.54) is 0 Å². The maximum absolute atomic E-state index is 11.8. The van der Waals surface area contributed by atoms with Gasteiger partial charge in [0, 0.05) is 11.1 Å². The van der Waals surface area contributed by atoms with Gasteiger partial charge in [-0.25, -0.2) is 4.79 Å². The maximum atomic E-state index is 11.8. The van der Waals surface area contributed by atoms with Crippen molar-refractivity contribution in [3.8, 4) is 0 Å². The summed E-state index contributed by atoms with van der Waals surface area (Å²) >= 11 is 12.2. The lowest BCUT2D eigenvalue weighted by Gasteiger charge is -2.32. The predicted octanol–water partition coefficient (Wildman–Crippen LogP) is 4.75. The van der Waals surface area contributed by atoms with Crippen LogP contribution in [-0.4, -0.2) is 16.1 Å². The van der Waals surface area contributed by atoms with Crippen LogP contribution in [0.25, 0.3) is 10.9 Å². The number of carbonyl (C=O) groups is 1. The lowest BCUT2D eigenvalue weighted by Crippen LogP contribution is -2.25. The van der Waals surface area contributed by atoms with E-state index in [9.17, 15) is 9.90 Å². The molecule has 110 valence electrons. The number of hydrogen-bond acceptors (Lipinski definition) is 2. The molecule has 0 radical (unpaired) electrons. The Labute approximate surface area is 132 Å². The molecule has 0 fully saturated rings. The van der Waals surface area contributed by atoms with E-state index >= 15 is 0 Å². The Bertz CT molecular complexity index is 769. The number of rotatable bonds is 1. The highest BCUT2D eigenvalue weighted by atomic mass is 35.5. The van der Waals surface area contributed by atoms with E-state index in [1.54, 1.807) is 12.1 Å². The van der Waals surface area contributed by atoms with E-state index in [4.69, 9.17) is 23.2 Å². The Morgan fingerprint density at radius 2 is 2.05 bits per heavy atom. The number of aryl methyl sites for hydroxylation is 1. The Morgan fingerprint density at radius 3 is 2.71 bits per heavy atom. The molecule has 3 nitrogen and oxygen atoms in total. The van der Waals surface area contributed by atoms with Crippen molar-refractivity contribution >= 4 is 40.1 Å². The molecular weight excluding hydrogens is 309 g/mol. The molecule has 1 aromatic carbocycles. The number of carboxylic acid groups (broad SMARTS) is 1. The molecule has 0 unspecified atom stereocenters. The third kappa shape index (κ3) is 2.39. The lowest BCUT2D eigenvalue weighted by molar-refractivity contribution is 0.0696. The highest BCUT2D eigenvalue weighted by Crippen LogP contribution is 2.40. The lowest BCUT2D eigenvalue weighted by atomic mass is 9.74. The van der Waals surface area contributed by atoms with Crippen LogP contribution in [0.15, 0.2) is 12.1 Å². The number of carboxylic acids is 1. The van der Waals surface area contributed by atoms with E-state index in [1.807, 2.05) is 0 Å². The largest absolute Gasteiger partial charge is 0.478 e. The van der Waals surface area contributed by atoms with Gasteiger partial charge in [-0.15, -0.1) is 0 Å². The first-order chi connectivity index (χ1) is 9.80. The molecule has 1 aliphatic rings. The van der Waals surface area contributed by atoms with Crippen molar-refractivity contribution in [2.24, 2.45) is 5.41 Å². The van der Waals surface area contributed by atoms with Gasteiger partial charge in [0.2, 0.25) is 0 Å². The fraction of sp³-hybridized carbons (Fsp3) is 0.375. The monoisotopic (exact) mass is 323 g/mol. The molecule has 1 heterocycles. The third-order valence-electron chi connectivity index (χ3n) is 4.14. The average Bonchev–Trinajstić information content (AvgIpc) is 2.40. The normalized spacial score (nSPS) is 16.8. The smallest absolute Gasteiger partial charge is 0.336 e. The van der Waals surface area contributed by atoms with Gasteiger partial charge in [0.25, 0.3) is 0 Å². The van der Waals surface area contributed by atoms with Crippen LogP contribution in [0.2, 0.25) is 10.0 Å². The molecular formula is C16H15Cl2NO2. The molecule has 0 atom stereocenters.